The van der Waals surface area contributed by atoms with Crippen molar-refractivity contribution in [2.75, 3.05) is 9.80 Å². The number of hydrogen-bond donors (Lipinski definition) is 0. The van der Waals surface area contributed by atoms with E-state index < -0.39 is 0 Å². The molecule has 2 heterocycles. The minimum Gasteiger partial charge on any atom is -0.268 e. The largest absolute Gasteiger partial charge is 0.268 e. The van der Waals surface area contributed by atoms with Gasteiger partial charge in [0, 0.05) is 37.5 Å². The van der Waals surface area contributed by atoms with Crippen LogP contribution in [0.15, 0.2) is 120 Å². The zero-order valence-corrected chi connectivity index (χ0v) is 39.3. The SMILES string of the molecule is CC(C)c1cc(Br)cc(C(C)C)c1N1C(=O)c2cccc3c(-c4ccc5c6ccc7c8c(ccc(c9cccc4c95)c86)C(=O)N(c4c(C(C)C)cccc4C(C)C)C7=O)ccc(c23)C1=O. The summed E-state index contributed by atoms with van der Waals surface area (Å²) in [7, 11) is 0. The van der Waals surface area contributed by atoms with Gasteiger partial charge in [0.15, 0.2) is 0 Å². The van der Waals surface area contributed by atoms with Gasteiger partial charge in [-0.1, -0.05) is 150 Å². The lowest BCUT2D eigenvalue weighted by Gasteiger charge is -2.33. The Hall–Kier alpha value is -6.70. The highest BCUT2D eigenvalue weighted by Crippen LogP contribution is 2.49. The highest BCUT2D eigenvalue weighted by Gasteiger charge is 2.40. The zero-order chi connectivity index (χ0) is 45.5. The number of benzene rings is 9. The average Bonchev–Trinajstić information content (AvgIpc) is 3.29. The highest BCUT2D eigenvalue weighted by atomic mass is 79.9. The van der Waals surface area contributed by atoms with Crippen molar-refractivity contribution >= 4 is 105 Å². The molecule has 320 valence electrons. The molecular formula is C58H47BrN2O4. The van der Waals surface area contributed by atoms with E-state index in [9.17, 15) is 19.2 Å². The zero-order valence-electron chi connectivity index (χ0n) is 37.7. The van der Waals surface area contributed by atoms with Crippen LogP contribution >= 0.6 is 15.9 Å². The number of rotatable bonds is 7. The molecule has 0 N–H and O–H groups in total. The van der Waals surface area contributed by atoms with E-state index >= 15 is 0 Å². The van der Waals surface area contributed by atoms with Crippen molar-refractivity contribution in [1.29, 1.82) is 0 Å². The fourth-order valence-corrected chi connectivity index (χ4v) is 11.5. The van der Waals surface area contributed by atoms with Crippen LogP contribution < -0.4 is 9.80 Å². The number of para-hydroxylation sites is 1. The first-order chi connectivity index (χ1) is 31.2. The van der Waals surface area contributed by atoms with Gasteiger partial charge < -0.3 is 0 Å². The van der Waals surface area contributed by atoms with Gasteiger partial charge in [-0.3, -0.25) is 19.2 Å². The van der Waals surface area contributed by atoms with Crippen LogP contribution in [0.5, 0.6) is 0 Å². The summed E-state index contributed by atoms with van der Waals surface area (Å²) in [6.07, 6.45) is 0. The van der Waals surface area contributed by atoms with Gasteiger partial charge in [0.1, 0.15) is 0 Å². The van der Waals surface area contributed by atoms with Crippen molar-refractivity contribution in [1.82, 2.24) is 0 Å². The van der Waals surface area contributed by atoms with E-state index in [0.29, 0.717) is 44.4 Å². The molecule has 0 fully saturated rings. The maximum atomic E-state index is 14.8. The first-order valence-corrected chi connectivity index (χ1v) is 23.4. The Bertz CT molecular complexity index is 3470. The normalized spacial score (nSPS) is 14.2. The molecule has 11 rings (SSSR count). The van der Waals surface area contributed by atoms with E-state index in [2.05, 4.69) is 102 Å². The Labute approximate surface area is 386 Å². The summed E-state index contributed by atoms with van der Waals surface area (Å²) in [6.45, 7) is 16.8. The predicted octanol–water partition coefficient (Wildman–Crippen LogP) is 15.4. The molecule has 9 aromatic rings. The maximum absolute atomic E-state index is 14.8. The number of nitrogens with zero attached hydrogens (tertiary/aromatic N) is 2. The van der Waals surface area contributed by atoms with Crippen LogP contribution in [0.2, 0.25) is 0 Å². The van der Waals surface area contributed by atoms with Gasteiger partial charge in [-0.05, 0) is 137 Å². The number of amides is 4. The molecule has 0 radical (unpaired) electrons. The summed E-state index contributed by atoms with van der Waals surface area (Å²) in [6, 6.07) is 38.3. The Kier molecular flexibility index (Phi) is 9.26. The Balaban J connectivity index is 1.09. The molecule has 0 aliphatic carbocycles. The molecule has 4 amide bonds. The summed E-state index contributed by atoms with van der Waals surface area (Å²) in [5, 5.41) is 9.18. The number of hydrogen-bond acceptors (Lipinski definition) is 4. The standard InChI is InChI=1S/C58H47BrN2O4/c1-28(2)33-12-9-13-34(29(3)4)53(33)60-57(64)45-24-21-41-39-16-10-14-37-35(18-20-40(49(37)39)42-22-25-46(58(60)65)52(45)51(41)42)36-19-23-44-50-38(36)15-11-17-43(50)55(62)61(56(44)63)54-47(30(5)6)26-32(59)27-48(54)31(7)8/h9-31H,1-8H3. The van der Waals surface area contributed by atoms with Gasteiger partial charge in [-0.2, -0.15) is 0 Å². The third-order valence-corrected chi connectivity index (χ3v) is 14.5. The smallest absolute Gasteiger partial charge is 0.266 e. The summed E-state index contributed by atoms with van der Waals surface area (Å²) in [5.74, 6) is -0.914. The number of imide groups is 2. The number of fused-ring (bicyclic) bond motifs is 2. The first kappa shape index (κ1) is 41.0. The van der Waals surface area contributed by atoms with Crippen molar-refractivity contribution in [3.05, 3.63) is 164 Å². The quantitative estimate of drug-likeness (QED) is 0.0907. The molecule has 65 heavy (non-hydrogen) atoms. The highest BCUT2D eigenvalue weighted by molar-refractivity contribution is 9.10. The minimum absolute atomic E-state index is 0.0687. The molecular weight excluding hydrogens is 869 g/mol. The van der Waals surface area contributed by atoms with Gasteiger partial charge >= 0.3 is 0 Å². The fraction of sp³-hybridized carbons (Fsp3) is 0.207. The summed E-state index contributed by atoms with van der Waals surface area (Å²) < 4.78 is 0.920. The van der Waals surface area contributed by atoms with Crippen LogP contribution in [0, 0.1) is 0 Å². The van der Waals surface area contributed by atoms with E-state index in [4.69, 9.17) is 0 Å². The topological polar surface area (TPSA) is 74.8 Å². The monoisotopic (exact) mass is 914 g/mol. The summed E-state index contributed by atoms with van der Waals surface area (Å²) in [4.78, 5) is 62.0. The van der Waals surface area contributed by atoms with E-state index in [1.807, 2.05) is 84.9 Å². The van der Waals surface area contributed by atoms with Crippen molar-refractivity contribution in [2.24, 2.45) is 0 Å². The lowest BCUT2D eigenvalue weighted by atomic mass is 9.82. The van der Waals surface area contributed by atoms with E-state index in [-0.39, 0.29) is 47.3 Å². The van der Waals surface area contributed by atoms with Crippen molar-refractivity contribution in [3.8, 4) is 11.1 Å². The number of anilines is 2. The van der Waals surface area contributed by atoms with Gasteiger partial charge in [-0.25, -0.2) is 9.80 Å². The Morgan fingerprint density at radius 3 is 1.18 bits per heavy atom. The van der Waals surface area contributed by atoms with Crippen molar-refractivity contribution < 1.29 is 19.2 Å². The molecule has 0 atom stereocenters. The number of carbonyl (C=O) groups excluding carboxylic acids is 4. The van der Waals surface area contributed by atoms with Gasteiger partial charge in [0.05, 0.1) is 11.4 Å². The average molecular weight is 916 g/mol. The first-order valence-electron chi connectivity index (χ1n) is 22.7. The van der Waals surface area contributed by atoms with Crippen LogP contribution in [-0.4, -0.2) is 23.6 Å². The molecule has 2 aliphatic heterocycles. The Morgan fingerprint density at radius 2 is 0.677 bits per heavy atom. The number of halogens is 1. The van der Waals surface area contributed by atoms with Crippen LogP contribution in [-0.2, 0) is 0 Å². The Morgan fingerprint density at radius 1 is 0.338 bits per heavy atom. The lowest BCUT2D eigenvalue weighted by Crippen LogP contribution is -2.41. The second-order valence-electron chi connectivity index (χ2n) is 19.1. The predicted molar refractivity (Wildman–Crippen MR) is 270 cm³/mol. The lowest BCUT2D eigenvalue weighted by molar-refractivity contribution is 0.0877. The number of carbonyl (C=O) groups is 4. The third kappa shape index (κ3) is 5.70. The molecule has 2 aliphatic rings. The molecule has 0 aromatic heterocycles. The molecule has 7 heteroatoms. The minimum atomic E-state index is -0.325. The molecule has 0 saturated carbocycles. The van der Waals surface area contributed by atoms with Crippen LogP contribution in [0.4, 0.5) is 11.4 Å². The molecule has 0 unspecified atom stereocenters. The van der Waals surface area contributed by atoms with E-state index in [0.717, 1.165) is 80.9 Å². The van der Waals surface area contributed by atoms with Gasteiger partial charge in [0.25, 0.3) is 23.6 Å². The summed E-state index contributed by atoms with van der Waals surface area (Å²) in [5.41, 5.74) is 9.14. The fourth-order valence-electron chi connectivity index (χ4n) is 11.0. The molecule has 0 spiro atoms. The van der Waals surface area contributed by atoms with Crippen LogP contribution in [0.1, 0.15) is 143 Å². The molecule has 6 nitrogen and oxygen atoms in total. The van der Waals surface area contributed by atoms with Crippen molar-refractivity contribution in [2.45, 2.75) is 79.1 Å². The maximum Gasteiger partial charge on any atom is 0.266 e. The van der Waals surface area contributed by atoms with E-state index in [1.54, 1.807) is 0 Å². The van der Waals surface area contributed by atoms with Gasteiger partial charge in [0.2, 0.25) is 0 Å². The molecule has 0 saturated heterocycles. The second-order valence-corrected chi connectivity index (χ2v) is 20.0. The third-order valence-electron chi connectivity index (χ3n) is 14.0. The van der Waals surface area contributed by atoms with Crippen molar-refractivity contribution in [3.63, 3.8) is 0 Å². The van der Waals surface area contributed by atoms with E-state index in [1.165, 1.54) is 9.80 Å². The molecule has 0 bridgehead atoms. The van der Waals surface area contributed by atoms with Crippen LogP contribution in [0.25, 0.3) is 65.0 Å². The molecule has 9 aromatic carbocycles. The summed E-state index contributed by atoms with van der Waals surface area (Å²) >= 11 is 3.69. The van der Waals surface area contributed by atoms with Crippen LogP contribution in [0.3, 0.4) is 0 Å². The second kappa shape index (κ2) is 14.7. The van der Waals surface area contributed by atoms with Gasteiger partial charge in [-0.15, -0.1) is 0 Å².